The summed E-state index contributed by atoms with van der Waals surface area (Å²) in [5.41, 5.74) is 9.93. The van der Waals surface area contributed by atoms with Crippen molar-refractivity contribution in [2.75, 3.05) is 0 Å². The fourth-order valence-electron chi connectivity index (χ4n) is 6.64. The Bertz CT molecular complexity index is 2490. The third-order valence-corrected chi connectivity index (χ3v) is 10.1. The van der Waals surface area contributed by atoms with E-state index < -0.39 is 0 Å². The topological polar surface area (TPSA) is 25.8 Å². The molecule has 0 radical (unpaired) electrons. The number of hydrogen-bond donors (Lipinski definition) is 0. The predicted octanol–water partition coefficient (Wildman–Crippen LogP) is 12.3. The Labute approximate surface area is 277 Å². The Morgan fingerprint density at radius 3 is 1.77 bits per heavy atom. The molecular weight excluding hydrogens is 589 g/mol. The zero-order valence-corrected chi connectivity index (χ0v) is 26.3. The van der Waals surface area contributed by atoms with E-state index in [0.717, 1.165) is 33.9 Å². The van der Waals surface area contributed by atoms with Crippen molar-refractivity contribution in [2.45, 2.75) is 0 Å². The maximum Gasteiger partial charge on any atom is 0.160 e. The fourth-order valence-corrected chi connectivity index (χ4v) is 7.89. The molecule has 0 bridgehead atoms. The summed E-state index contributed by atoms with van der Waals surface area (Å²) in [6.07, 6.45) is 0. The molecule has 0 aliphatic heterocycles. The van der Waals surface area contributed by atoms with Crippen LogP contribution in [-0.2, 0) is 0 Å². The van der Waals surface area contributed by atoms with Crippen molar-refractivity contribution in [3.05, 3.63) is 170 Å². The van der Waals surface area contributed by atoms with Gasteiger partial charge in [-0.3, -0.25) is 0 Å². The van der Waals surface area contributed by atoms with Crippen LogP contribution in [0.4, 0.5) is 0 Å². The number of benzene rings is 7. The lowest BCUT2D eigenvalue weighted by molar-refractivity contribution is 1.19. The molecule has 0 fully saturated rings. The lowest BCUT2D eigenvalue weighted by atomic mass is 9.93. The number of thiophene rings is 1. The van der Waals surface area contributed by atoms with Gasteiger partial charge in [-0.05, 0) is 45.2 Å². The second-order valence-electron chi connectivity index (χ2n) is 11.8. The van der Waals surface area contributed by atoms with Gasteiger partial charge in [0.25, 0.3) is 0 Å². The molecule has 47 heavy (non-hydrogen) atoms. The highest BCUT2D eigenvalue weighted by molar-refractivity contribution is 7.26. The van der Waals surface area contributed by atoms with E-state index in [1.807, 2.05) is 35.6 Å². The van der Waals surface area contributed by atoms with Crippen LogP contribution in [0.5, 0.6) is 0 Å². The van der Waals surface area contributed by atoms with Crippen LogP contribution in [0.25, 0.3) is 87.1 Å². The van der Waals surface area contributed by atoms with E-state index >= 15 is 0 Å². The van der Waals surface area contributed by atoms with Gasteiger partial charge in [0, 0.05) is 36.9 Å². The summed E-state index contributed by atoms with van der Waals surface area (Å²) in [6.45, 7) is 0. The maximum absolute atomic E-state index is 5.19. The lowest BCUT2D eigenvalue weighted by Crippen LogP contribution is -1.96. The number of aromatic nitrogens is 2. The van der Waals surface area contributed by atoms with E-state index in [0.29, 0.717) is 0 Å². The highest BCUT2D eigenvalue weighted by Crippen LogP contribution is 2.45. The molecule has 2 heterocycles. The molecule has 0 spiro atoms. The first-order chi connectivity index (χ1) is 23.3. The average Bonchev–Trinajstić information content (AvgIpc) is 3.55. The van der Waals surface area contributed by atoms with Crippen LogP contribution in [0.1, 0.15) is 0 Å². The molecule has 0 saturated heterocycles. The highest BCUT2D eigenvalue weighted by atomic mass is 32.1. The van der Waals surface area contributed by atoms with E-state index in [2.05, 4.69) is 146 Å². The SMILES string of the molecule is c1ccc(-c2cc(-c3ccc(-c4ccc(-c5cccc6ccccc56)cc4)c4c3sc3ccccc34)nc(-c3ccccc3)n2)cc1. The van der Waals surface area contributed by atoms with E-state index in [1.165, 1.54) is 53.2 Å². The summed E-state index contributed by atoms with van der Waals surface area (Å²) in [6, 6.07) is 60.2. The number of fused-ring (bicyclic) bond motifs is 4. The molecule has 2 aromatic heterocycles. The van der Waals surface area contributed by atoms with Crippen molar-refractivity contribution in [3.8, 4) is 56.2 Å². The van der Waals surface area contributed by atoms with Crippen molar-refractivity contribution in [1.82, 2.24) is 9.97 Å². The molecule has 0 unspecified atom stereocenters. The van der Waals surface area contributed by atoms with Gasteiger partial charge >= 0.3 is 0 Å². The van der Waals surface area contributed by atoms with Crippen molar-refractivity contribution in [1.29, 1.82) is 0 Å². The third-order valence-electron chi connectivity index (χ3n) is 8.93. The van der Waals surface area contributed by atoms with E-state index in [4.69, 9.17) is 9.97 Å². The Hall–Kier alpha value is -5.90. The van der Waals surface area contributed by atoms with Crippen molar-refractivity contribution in [3.63, 3.8) is 0 Å². The molecule has 0 amide bonds. The summed E-state index contributed by atoms with van der Waals surface area (Å²) in [5, 5.41) is 5.06. The van der Waals surface area contributed by atoms with E-state index in [-0.39, 0.29) is 0 Å². The van der Waals surface area contributed by atoms with Crippen LogP contribution >= 0.6 is 11.3 Å². The monoisotopic (exact) mass is 616 g/mol. The standard InChI is InChI=1S/C44H28N2S/c1-3-13-32(14-4-1)39-28-40(46-44(45-39)33-15-5-2-6-16-33)37-27-26-36(42-38-19-9-10-21-41(38)47-43(37)42)31-24-22-30(23-25-31)35-20-11-17-29-12-7-8-18-34(29)35/h1-28H. The van der Waals surface area contributed by atoms with Gasteiger partial charge in [-0.2, -0.15) is 0 Å². The van der Waals surface area contributed by atoms with Crippen LogP contribution in [0.2, 0.25) is 0 Å². The first-order valence-electron chi connectivity index (χ1n) is 15.8. The molecule has 0 aliphatic carbocycles. The number of rotatable bonds is 5. The van der Waals surface area contributed by atoms with Crippen molar-refractivity contribution >= 4 is 42.3 Å². The van der Waals surface area contributed by atoms with Crippen molar-refractivity contribution in [2.24, 2.45) is 0 Å². The minimum Gasteiger partial charge on any atom is -0.228 e. The molecular formula is C44H28N2S. The molecule has 0 atom stereocenters. The van der Waals surface area contributed by atoms with Crippen LogP contribution < -0.4 is 0 Å². The quantitative estimate of drug-likeness (QED) is 0.192. The lowest BCUT2D eigenvalue weighted by Gasteiger charge is -2.13. The van der Waals surface area contributed by atoms with Crippen LogP contribution in [0, 0.1) is 0 Å². The Balaban J connectivity index is 1.23. The first-order valence-corrected chi connectivity index (χ1v) is 16.6. The molecule has 9 aromatic rings. The molecule has 2 nitrogen and oxygen atoms in total. The number of nitrogens with zero attached hydrogens (tertiary/aromatic N) is 2. The number of hydrogen-bond acceptors (Lipinski definition) is 3. The van der Waals surface area contributed by atoms with Gasteiger partial charge in [-0.1, -0.05) is 158 Å². The summed E-state index contributed by atoms with van der Waals surface area (Å²) >= 11 is 1.84. The third kappa shape index (κ3) is 4.89. The summed E-state index contributed by atoms with van der Waals surface area (Å²) in [4.78, 5) is 10.2. The van der Waals surface area contributed by atoms with Gasteiger partial charge in [0.2, 0.25) is 0 Å². The molecule has 0 saturated carbocycles. The van der Waals surface area contributed by atoms with Crippen LogP contribution in [0.15, 0.2) is 170 Å². The largest absolute Gasteiger partial charge is 0.228 e. The van der Waals surface area contributed by atoms with Crippen molar-refractivity contribution < 1.29 is 0 Å². The van der Waals surface area contributed by atoms with Gasteiger partial charge in [-0.25, -0.2) is 9.97 Å². The van der Waals surface area contributed by atoms with Gasteiger partial charge in [-0.15, -0.1) is 11.3 Å². The summed E-state index contributed by atoms with van der Waals surface area (Å²) < 4.78 is 2.50. The van der Waals surface area contributed by atoms with E-state index in [1.54, 1.807) is 0 Å². The molecule has 220 valence electrons. The average molecular weight is 617 g/mol. The summed E-state index contributed by atoms with van der Waals surface area (Å²) in [7, 11) is 0. The first kappa shape index (κ1) is 27.4. The van der Waals surface area contributed by atoms with Crippen LogP contribution in [0.3, 0.4) is 0 Å². The second kappa shape index (κ2) is 11.5. The second-order valence-corrected chi connectivity index (χ2v) is 12.8. The maximum atomic E-state index is 5.19. The zero-order chi connectivity index (χ0) is 31.2. The molecule has 0 aliphatic rings. The minimum atomic E-state index is 0.726. The van der Waals surface area contributed by atoms with Crippen LogP contribution in [-0.4, -0.2) is 9.97 Å². The molecule has 0 N–H and O–H groups in total. The Morgan fingerprint density at radius 2 is 0.979 bits per heavy atom. The predicted molar refractivity (Wildman–Crippen MR) is 200 cm³/mol. The Kier molecular flexibility index (Phi) is 6.69. The smallest absolute Gasteiger partial charge is 0.160 e. The fraction of sp³-hybridized carbons (Fsp3) is 0. The van der Waals surface area contributed by atoms with Gasteiger partial charge in [0.15, 0.2) is 5.82 Å². The normalized spacial score (nSPS) is 11.4. The summed E-state index contributed by atoms with van der Waals surface area (Å²) in [5.74, 6) is 0.726. The molecule has 9 rings (SSSR count). The van der Waals surface area contributed by atoms with Gasteiger partial charge in [0.05, 0.1) is 11.4 Å². The van der Waals surface area contributed by atoms with Gasteiger partial charge < -0.3 is 0 Å². The highest BCUT2D eigenvalue weighted by Gasteiger charge is 2.18. The Morgan fingerprint density at radius 1 is 0.383 bits per heavy atom. The van der Waals surface area contributed by atoms with Gasteiger partial charge in [0.1, 0.15) is 0 Å². The zero-order valence-electron chi connectivity index (χ0n) is 25.5. The van der Waals surface area contributed by atoms with E-state index in [9.17, 15) is 0 Å². The molecule has 3 heteroatoms. The minimum absolute atomic E-state index is 0.726. The molecule has 7 aromatic carbocycles.